The van der Waals surface area contributed by atoms with Crippen molar-refractivity contribution in [2.24, 2.45) is 0 Å². The third-order valence-corrected chi connectivity index (χ3v) is 1.47. The van der Waals surface area contributed by atoms with Crippen LogP contribution in [0.25, 0.3) is 0 Å². The summed E-state index contributed by atoms with van der Waals surface area (Å²) in [5.41, 5.74) is 0. The SMILES string of the molecule is CC(=O)N(CCC[O])OP(=O)(O)O. The van der Waals surface area contributed by atoms with Crippen LogP contribution in [0.5, 0.6) is 0 Å². The van der Waals surface area contributed by atoms with Gasteiger partial charge in [-0.2, -0.15) is 4.62 Å². The van der Waals surface area contributed by atoms with Crippen LogP contribution in [-0.2, 0) is 19.1 Å². The largest absolute Gasteiger partial charge is 0.491 e. The highest BCUT2D eigenvalue weighted by atomic mass is 31.2. The first-order valence-corrected chi connectivity index (χ1v) is 5.01. The first-order chi connectivity index (χ1) is 5.87. The van der Waals surface area contributed by atoms with Crippen LogP contribution in [0, 0.1) is 0 Å². The molecule has 13 heavy (non-hydrogen) atoms. The van der Waals surface area contributed by atoms with Crippen molar-refractivity contribution >= 4 is 13.7 Å². The first-order valence-electron chi connectivity index (χ1n) is 3.48. The zero-order valence-electron chi connectivity index (χ0n) is 7.04. The van der Waals surface area contributed by atoms with E-state index in [0.717, 1.165) is 6.92 Å². The molecule has 77 valence electrons. The Labute approximate surface area is 75.1 Å². The van der Waals surface area contributed by atoms with Crippen molar-refractivity contribution in [2.45, 2.75) is 13.3 Å². The summed E-state index contributed by atoms with van der Waals surface area (Å²) in [6.07, 6.45) is 0.0829. The van der Waals surface area contributed by atoms with Crippen molar-refractivity contribution in [2.75, 3.05) is 13.2 Å². The summed E-state index contributed by atoms with van der Waals surface area (Å²) in [6.45, 7) is 0.526. The predicted octanol–water partition coefficient (Wildman–Crippen LogP) is -0.320. The standard InChI is InChI=1S/C5H11NO6P/c1-5(8)6(3-2-4-7)12-13(9,10)11/h2-4H2,1H3,(H2,9,10,11). The number of rotatable bonds is 5. The fourth-order valence-corrected chi connectivity index (χ4v) is 1.05. The van der Waals surface area contributed by atoms with Gasteiger partial charge in [0.15, 0.2) is 0 Å². The van der Waals surface area contributed by atoms with E-state index in [0.29, 0.717) is 5.06 Å². The Kier molecular flexibility index (Phi) is 5.12. The minimum Gasteiger partial charge on any atom is -0.301 e. The molecule has 0 spiro atoms. The highest BCUT2D eigenvalue weighted by Crippen LogP contribution is 2.37. The van der Waals surface area contributed by atoms with Crippen LogP contribution < -0.4 is 0 Å². The van der Waals surface area contributed by atoms with E-state index in [4.69, 9.17) is 9.79 Å². The molecule has 2 N–H and O–H groups in total. The molecule has 0 saturated carbocycles. The lowest BCUT2D eigenvalue weighted by atomic mass is 10.4. The number of phosphoric acid groups is 1. The molecule has 0 fully saturated rings. The lowest BCUT2D eigenvalue weighted by Crippen LogP contribution is -2.29. The van der Waals surface area contributed by atoms with Crippen molar-refractivity contribution in [1.82, 2.24) is 5.06 Å². The summed E-state index contributed by atoms with van der Waals surface area (Å²) in [7, 11) is -4.71. The van der Waals surface area contributed by atoms with Crippen molar-refractivity contribution in [3.63, 3.8) is 0 Å². The number of hydroxylamine groups is 2. The molecule has 0 saturated heterocycles. The van der Waals surface area contributed by atoms with Gasteiger partial charge in [-0.15, -0.1) is 0 Å². The maximum atomic E-state index is 10.7. The molecule has 0 atom stereocenters. The molecule has 7 nitrogen and oxygen atoms in total. The Morgan fingerprint density at radius 2 is 2.08 bits per heavy atom. The van der Waals surface area contributed by atoms with Crippen LogP contribution in [0.15, 0.2) is 0 Å². The molecule has 0 aliphatic carbocycles. The number of carbonyl (C=O) groups is 1. The Hall–Kier alpha value is -0.460. The molecule has 8 heteroatoms. The van der Waals surface area contributed by atoms with Gasteiger partial charge in [0.25, 0.3) is 0 Å². The van der Waals surface area contributed by atoms with Gasteiger partial charge >= 0.3 is 7.82 Å². The predicted molar refractivity (Wildman–Crippen MR) is 40.7 cm³/mol. The highest BCUT2D eigenvalue weighted by molar-refractivity contribution is 7.46. The number of amides is 1. The fourth-order valence-electron chi connectivity index (χ4n) is 0.592. The van der Waals surface area contributed by atoms with Crippen LogP contribution in [0.3, 0.4) is 0 Å². The Bertz CT molecular complexity index is 213. The second-order valence-corrected chi connectivity index (χ2v) is 3.40. The highest BCUT2D eigenvalue weighted by Gasteiger charge is 2.22. The van der Waals surface area contributed by atoms with Gasteiger partial charge < -0.3 is 9.79 Å². The lowest BCUT2D eigenvalue weighted by molar-refractivity contribution is -0.159. The topological polar surface area (TPSA) is 107 Å². The third kappa shape index (κ3) is 6.68. The van der Waals surface area contributed by atoms with Crippen LogP contribution in [0.4, 0.5) is 0 Å². The molecular weight excluding hydrogens is 201 g/mol. The number of nitrogens with zero attached hydrogens (tertiary/aromatic N) is 1. The van der Waals surface area contributed by atoms with E-state index in [-0.39, 0.29) is 13.0 Å². The summed E-state index contributed by atoms with van der Waals surface area (Å²) in [5, 5.41) is 10.5. The molecule has 0 unspecified atom stereocenters. The third-order valence-electron chi connectivity index (χ3n) is 1.06. The van der Waals surface area contributed by atoms with E-state index in [2.05, 4.69) is 4.62 Å². The van der Waals surface area contributed by atoms with Crippen molar-refractivity contribution < 1.29 is 28.9 Å². The van der Waals surface area contributed by atoms with Gasteiger partial charge in [0.1, 0.15) is 0 Å². The van der Waals surface area contributed by atoms with E-state index >= 15 is 0 Å². The number of carbonyl (C=O) groups excluding carboxylic acids is 1. The average molecular weight is 212 g/mol. The molecule has 0 rings (SSSR count). The maximum absolute atomic E-state index is 10.7. The number of hydrogen-bond acceptors (Lipinski definition) is 3. The van der Waals surface area contributed by atoms with Gasteiger partial charge in [0.05, 0.1) is 13.2 Å². The van der Waals surface area contributed by atoms with Gasteiger partial charge in [0.2, 0.25) is 5.91 Å². The molecule has 0 aromatic carbocycles. The Morgan fingerprint density at radius 3 is 2.38 bits per heavy atom. The Morgan fingerprint density at radius 1 is 1.54 bits per heavy atom. The minimum atomic E-state index is -4.71. The van der Waals surface area contributed by atoms with Crippen molar-refractivity contribution in [3.05, 3.63) is 0 Å². The van der Waals surface area contributed by atoms with Crippen molar-refractivity contribution in [3.8, 4) is 0 Å². The smallest absolute Gasteiger partial charge is 0.301 e. The summed E-state index contributed by atoms with van der Waals surface area (Å²) in [4.78, 5) is 27.4. The van der Waals surface area contributed by atoms with Gasteiger partial charge in [0, 0.05) is 6.92 Å². The van der Waals surface area contributed by atoms with Crippen molar-refractivity contribution in [1.29, 1.82) is 0 Å². The van der Waals surface area contributed by atoms with E-state index in [1.807, 2.05) is 0 Å². The molecule has 1 radical (unpaired) electrons. The fraction of sp³-hybridized carbons (Fsp3) is 0.800. The van der Waals surface area contributed by atoms with Crippen LogP contribution in [-0.4, -0.2) is 33.9 Å². The maximum Gasteiger partial charge on any atom is 0.491 e. The van der Waals surface area contributed by atoms with E-state index < -0.39 is 20.3 Å². The molecule has 1 amide bonds. The average Bonchev–Trinajstić information content (AvgIpc) is 1.95. The molecule has 0 aliphatic heterocycles. The summed E-state index contributed by atoms with van der Waals surface area (Å²) >= 11 is 0. The lowest BCUT2D eigenvalue weighted by Gasteiger charge is -2.19. The minimum absolute atomic E-state index is 0.0829. The molecular formula is C5H11NO6P. The summed E-state index contributed by atoms with van der Waals surface area (Å²) in [6, 6.07) is 0. The zero-order valence-corrected chi connectivity index (χ0v) is 7.94. The van der Waals surface area contributed by atoms with Crippen LogP contribution in [0.2, 0.25) is 0 Å². The first kappa shape index (κ1) is 12.5. The normalized spacial score (nSPS) is 11.4. The second kappa shape index (κ2) is 5.31. The van der Waals surface area contributed by atoms with E-state index in [1.165, 1.54) is 0 Å². The molecule has 0 heterocycles. The molecule has 0 aromatic rings. The molecule has 0 aromatic heterocycles. The van der Waals surface area contributed by atoms with Gasteiger partial charge in [-0.05, 0) is 6.42 Å². The monoisotopic (exact) mass is 212 g/mol. The molecule has 0 bridgehead atoms. The van der Waals surface area contributed by atoms with Gasteiger partial charge in [-0.25, -0.2) is 14.7 Å². The van der Waals surface area contributed by atoms with Crippen LogP contribution >= 0.6 is 7.82 Å². The van der Waals surface area contributed by atoms with E-state index in [9.17, 15) is 14.5 Å². The Balaban J connectivity index is 4.11. The molecule has 0 aliphatic rings. The van der Waals surface area contributed by atoms with E-state index in [1.54, 1.807) is 0 Å². The number of hydrogen-bond donors (Lipinski definition) is 2. The van der Waals surface area contributed by atoms with Gasteiger partial charge in [-0.1, -0.05) is 0 Å². The summed E-state index contributed by atoms with van der Waals surface area (Å²) in [5.74, 6) is -0.656. The summed E-state index contributed by atoms with van der Waals surface area (Å²) < 4.78 is 14.3. The van der Waals surface area contributed by atoms with Gasteiger partial charge in [-0.3, -0.25) is 4.79 Å². The zero-order chi connectivity index (χ0) is 10.5. The second-order valence-electron chi connectivity index (χ2n) is 2.25. The quantitative estimate of drug-likeness (QED) is 0.479. The van der Waals surface area contributed by atoms with Crippen LogP contribution in [0.1, 0.15) is 13.3 Å².